The lowest BCUT2D eigenvalue weighted by atomic mass is 9.85. The maximum atomic E-state index is 12.2. The van der Waals surface area contributed by atoms with E-state index in [1.807, 2.05) is 32.6 Å². The van der Waals surface area contributed by atoms with Gasteiger partial charge in [-0.1, -0.05) is 0 Å². The predicted molar refractivity (Wildman–Crippen MR) is 93.7 cm³/mol. The van der Waals surface area contributed by atoms with Gasteiger partial charge < -0.3 is 14.9 Å². The fourth-order valence-corrected chi connectivity index (χ4v) is 3.83. The Hall–Kier alpha value is -2.37. The highest BCUT2D eigenvalue weighted by molar-refractivity contribution is 6.00. The van der Waals surface area contributed by atoms with Crippen LogP contribution in [0, 0.1) is 5.92 Å². The molecule has 0 saturated heterocycles. The fraction of sp³-hybridized carbons (Fsp3) is 0.500. The number of aromatic amines is 1. The van der Waals surface area contributed by atoms with Crippen LogP contribution in [0.5, 0.6) is 0 Å². The monoisotopic (exact) mass is 325 g/mol. The molecule has 0 aromatic carbocycles. The Balaban J connectivity index is 1.57. The summed E-state index contributed by atoms with van der Waals surface area (Å²) < 4.78 is 2.28. The number of pyridine rings is 1. The summed E-state index contributed by atoms with van der Waals surface area (Å²) in [5.41, 5.74) is 2.98. The second kappa shape index (κ2) is 5.92. The Morgan fingerprint density at radius 2 is 2.08 bits per heavy atom. The molecule has 1 aliphatic carbocycles. The van der Waals surface area contributed by atoms with Gasteiger partial charge in [0.25, 0.3) is 0 Å². The van der Waals surface area contributed by atoms with Crippen LogP contribution in [0.1, 0.15) is 45.6 Å². The van der Waals surface area contributed by atoms with Gasteiger partial charge in [-0.15, -0.1) is 0 Å². The molecule has 24 heavy (non-hydrogen) atoms. The largest absolute Gasteiger partial charge is 0.354 e. The summed E-state index contributed by atoms with van der Waals surface area (Å²) in [6, 6.07) is 2.67. The van der Waals surface area contributed by atoms with Crippen LogP contribution < -0.4 is 5.32 Å². The molecule has 0 bridgehead atoms. The van der Waals surface area contributed by atoms with Crippen LogP contribution >= 0.6 is 0 Å². The number of H-pyrrole nitrogens is 1. The molecule has 0 unspecified atom stereocenters. The second-order valence-corrected chi connectivity index (χ2v) is 7.05. The Labute approximate surface area is 140 Å². The molecule has 6 heteroatoms. The highest BCUT2D eigenvalue weighted by Crippen LogP contribution is 2.35. The van der Waals surface area contributed by atoms with Crippen molar-refractivity contribution in [2.45, 2.75) is 51.6 Å². The molecule has 1 saturated carbocycles. The molecule has 3 heterocycles. The topological polar surface area (TPSA) is 75.6 Å². The minimum Gasteiger partial charge on any atom is -0.354 e. The van der Waals surface area contributed by atoms with Gasteiger partial charge >= 0.3 is 0 Å². The molecule has 0 radical (unpaired) electrons. The van der Waals surface area contributed by atoms with Gasteiger partial charge in [-0.25, -0.2) is 9.97 Å². The summed E-state index contributed by atoms with van der Waals surface area (Å²) in [6.45, 7) is 4.02. The van der Waals surface area contributed by atoms with Crippen LogP contribution in [-0.4, -0.2) is 31.5 Å². The third-order valence-electron chi connectivity index (χ3n) is 5.01. The van der Waals surface area contributed by atoms with Gasteiger partial charge in [0.1, 0.15) is 11.2 Å². The van der Waals surface area contributed by atoms with E-state index in [1.165, 1.54) is 0 Å². The van der Waals surface area contributed by atoms with Crippen LogP contribution in [0.2, 0.25) is 0 Å². The Bertz CT molecular complexity index is 870. The average Bonchev–Trinajstić information content (AvgIpc) is 3.20. The summed E-state index contributed by atoms with van der Waals surface area (Å²) >= 11 is 0. The average molecular weight is 325 g/mol. The maximum absolute atomic E-state index is 12.2. The lowest BCUT2D eigenvalue weighted by Crippen LogP contribution is -2.37. The van der Waals surface area contributed by atoms with E-state index in [4.69, 9.17) is 0 Å². The first kappa shape index (κ1) is 15.2. The molecule has 4 rings (SSSR count). The van der Waals surface area contributed by atoms with Gasteiger partial charge in [0.15, 0.2) is 0 Å². The van der Waals surface area contributed by atoms with Crippen molar-refractivity contribution < 1.29 is 4.79 Å². The van der Waals surface area contributed by atoms with Gasteiger partial charge in [-0.3, -0.25) is 4.79 Å². The van der Waals surface area contributed by atoms with Crippen molar-refractivity contribution in [1.29, 1.82) is 0 Å². The van der Waals surface area contributed by atoms with Crippen LogP contribution in [0.15, 0.2) is 24.8 Å². The SMILES string of the molecule is CC(C)NC(=O)C1CCC(n2cnc3cnc4[nH]ccc4c32)CC1. The number of nitrogens with zero attached hydrogens (tertiary/aromatic N) is 3. The van der Waals surface area contributed by atoms with E-state index < -0.39 is 0 Å². The van der Waals surface area contributed by atoms with E-state index >= 15 is 0 Å². The number of carbonyl (C=O) groups is 1. The zero-order valence-electron chi connectivity index (χ0n) is 14.1. The third kappa shape index (κ3) is 2.56. The lowest BCUT2D eigenvalue weighted by Gasteiger charge is -2.29. The zero-order chi connectivity index (χ0) is 16.7. The molecule has 0 aliphatic heterocycles. The number of hydrogen-bond donors (Lipinski definition) is 2. The van der Waals surface area contributed by atoms with E-state index in [2.05, 4.69) is 30.9 Å². The molecule has 0 atom stereocenters. The van der Waals surface area contributed by atoms with Gasteiger partial charge in [0.2, 0.25) is 5.91 Å². The molecule has 3 aromatic rings. The van der Waals surface area contributed by atoms with Crippen molar-refractivity contribution in [3.63, 3.8) is 0 Å². The number of hydrogen-bond acceptors (Lipinski definition) is 3. The lowest BCUT2D eigenvalue weighted by molar-refractivity contribution is -0.126. The summed E-state index contributed by atoms with van der Waals surface area (Å²) in [5.74, 6) is 0.351. The van der Waals surface area contributed by atoms with E-state index in [9.17, 15) is 4.79 Å². The fourth-order valence-electron chi connectivity index (χ4n) is 3.83. The first-order valence-electron chi connectivity index (χ1n) is 8.72. The number of amides is 1. The number of aromatic nitrogens is 4. The van der Waals surface area contributed by atoms with Crippen LogP contribution in [0.3, 0.4) is 0 Å². The zero-order valence-corrected chi connectivity index (χ0v) is 14.1. The quantitative estimate of drug-likeness (QED) is 0.776. The summed E-state index contributed by atoms with van der Waals surface area (Å²) in [7, 11) is 0. The summed E-state index contributed by atoms with van der Waals surface area (Å²) in [5, 5.41) is 4.16. The first-order valence-corrected chi connectivity index (χ1v) is 8.72. The molecule has 6 nitrogen and oxygen atoms in total. The van der Waals surface area contributed by atoms with Crippen LogP contribution in [0.25, 0.3) is 22.1 Å². The summed E-state index contributed by atoms with van der Waals surface area (Å²) in [4.78, 5) is 24.3. The van der Waals surface area contributed by atoms with Crippen molar-refractivity contribution >= 4 is 28.0 Å². The predicted octanol–water partition coefficient (Wildman–Crippen LogP) is 3.17. The van der Waals surface area contributed by atoms with Crippen LogP contribution in [-0.2, 0) is 4.79 Å². The molecule has 126 valence electrons. The Morgan fingerprint density at radius 1 is 1.29 bits per heavy atom. The standard InChI is InChI=1S/C18H23N5O/c1-11(2)22-18(24)12-3-5-13(6-4-12)23-10-21-15-9-20-17-14(16(15)23)7-8-19-17/h7-13H,3-6H2,1-2H3,(H,19,20)(H,22,24). The van der Waals surface area contributed by atoms with Crippen molar-refractivity contribution in [1.82, 2.24) is 24.8 Å². The van der Waals surface area contributed by atoms with Crippen molar-refractivity contribution in [3.05, 3.63) is 24.8 Å². The highest BCUT2D eigenvalue weighted by Gasteiger charge is 2.28. The smallest absolute Gasteiger partial charge is 0.223 e. The first-order chi connectivity index (χ1) is 11.6. The normalized spacial score (nSPS) is 21.6. The number of imidazole rings is 1. The molecule has 1 aliphatic rings. The third-order valence-corrected chi connectivity index (χ3v) is 5.01. The minimum absolute atomic E-state index is 0.146. The van der Waals surface area contributed by atoms with Crippen molar-refractivity contribution in [3.8, 4) is 0 Å². The summed E-state index contributed by atoms with van der Waals surface area (Å²) in [6.07, 6.45) is 9.56. The number of rotatable bonds is 3. The molecule has 1 amide bonds. The number of nitrogens with one attached hydrogen (secondary N) is 2. The number of fused-ring (bicyclic) bond motifs is 3. The molecule has 0 spiro atoms. The molecule has 3 aromatic heterocycles. The molecule has 1 fully saturated rings. The van der Waals surface area contributed by atoms with Gasteiger partial charge in [0, 0.05) is 29.6 Å². The van der Waals surface area contributed by atoms with E-state index in [1.54, 1.807) is 0 Å². The molecule has 2 N–H and O–H groups in total. The highest BCUT2D eigenvalue weighted by atomic mass is 16.1. The Kier molecular flexibility index (Phi) is 3.75. The van der Waals surface area contributed by atoms with E-state index in [0.29, 0.717) is 6.04 Å². The van der Waals surface area contributed by atoms with Crippen molar-refractivity contribution in [2.24, 2.45) is 5.92 Å². The van der Waals surface area contributed by atoms with E-state index in [0.717, 1.165) is 47.8 Å². The molecular formula is C18H23N5O. The van der Waals surface area contributed by atoms with Gasteiger partial charge in [-0.2, -0.15) is 0 Å². The van der Waals surface area contributed by atoms with Crippen LogP contribution in [0.4, 0.5) is 0 Å². The Morgan fingerprint density at radius 3 is 2.83 bits per heavy atom. The second-order valence-electron chi connectivity index (χ2n) is 7.05. The maximum Gasteiger partial charge on any atom is 0.223 e. The van der Waals surface area contributed by atoms with E-state index in [-0.39, 0.29) is 17.9 Å². The van der Waals surface area contributed by atoms with Crippen molar-refractivity contribution in [2.75, 3.05) is 0 Å². The van der Waals surface area contributed by atoms with Gasteiger partial charge in [-0.05, 0) is 45.6 Å². The number of carbonyl (C=O) groups excluding carboxylic acids is 1. The molecular weight excluding hydrogens is 302 g/mol. The van der Waals surface area contributed by atoms with Gasteiger partial charge in [0.05, 0.1) is 18.0 Å². The minimum atomic E-state index is 0.146.